The summed E-state index contributed by atoms with van der Waals surface area (Å²) in [6.45, 7) is 7.29. The van der Waals surface area contributed by atoms with E-state index in [1.54, 1.807) is 0 Å². The van der Waals surface area contributed by atoms with Gasteiger partial charge in [-0.05, 0) is 53.0 Å². The highest BCUT2D eigenvalue weighted by Crippen LogP contribution is 2.41. The van der Waals surface area contributed by atoms with Crippen molar-refractivity contribution in [1.82, 2.24) is 5.32 Å². The second-order valence-corrected chi connectivity index (χ2v) is 6.05. The van der Waals surface area contributed by atoms with Gasteiger partial charge in [-0.1, -0.05) is 0 Å². The van der Waals surface area contributed by atoms with Crippen LogP contribution in [0.2, 0.25) is 0 Å². The van der Waals surface area contributed by atoms with Gasteiger partial charge in [0.05, 0.1) is 17.3 Å². The van der Waals surface area contributed by atoms with Gasteiger partial charge >= 0.3 is 0 Å². The van der Waals surface area contributed by atoms with Crippen LogP contribution in [0.5, 0.6) is 0 Å². The lowest BCUT2D eigenvalue weighted by molar-refractivity contribution is -0.0697. The lowest BCUT2D eigenvalue weighted by Crippen LogP contribution is -2.39. The van der Waals surface area contributed by atoms with Crippen molar-refractivity contribution in [3.05, 3.63) is 0 Å². The van der Waals surface area contributed by atoms with E-state index in [1.807, 2.05) is 0 Å². The first kappa shape index (κ1) is 11.4. The molecule has 2 N–H and O–H groups in total. The third kappa shape index (κ3) is 3.16. The molecule has 2 aliphatic rings. The lowest BCUT2D eigenvalue weighted by atomic mass is 10.0. The van der Waals surface area contributed by atoms with E-state index in [4.69, 9.17) is 4.74 Å². The first-order chi connectivity index (χ1) is 6.88. The first-order valence-electron chi connectivity index (χ1n) is 6.02. The molecule has 0 bridgehead atoms. The quantitative estimate of drug-likeness (QED) is 0.745. The molecule has 2 atom stereocenters. The molecule has 1 aliphatic heterocycles. The average molecular weight is 213 g/mol. The minimum absolute atomic E-state index is 0.0822. The van der Waals surface area contributed by atoms with Crippen molar-refractivity contribution >= 4 is 0 Å². The molecule has 1 heterocycles. The second kappa shape index (κ2) is 3.72. The molecule has 0 aromatic heterocycles. The number of aliphatic hydroxyl groups is 1. The molecule has 0 amide bonds. The fraction of sp³-hybridized carbons (Fsp3) is 1.00. The zero-order valence-corrected chi connectivity index (χ0v) is 10.0. The Morgan fingerprint density at radius 1 is 1.40 bits per heavy atom. The molecule has 1 saturated carbocycles. The molecular weight excluding hydrogens is 190 g/mol. The van der Waals surface area contributed by atoms with Gasteiger partial charge in [0.1, 0.15) is 0 Å². The molecule has 0 radical (unpaired) electrons. The third-order valence-electron chi connectivity index (χ3n) is 3.22. The molecule has 1 aliphatic carbocycles. The van der Waals surface area contributed by atoms with Crippen LogP contribution in [-0.2, 0) is 4.74 Å². The number of nitrogens with one attached hydrogen (secondary N) is 1. The molecular formula is C12H23NO2. The van der Waals surface area contributed by atoms with Crippen LogP contribution >= 0.6 is 0 Å². The van der Waals surface area contributed by atoms with Crippen molar-refractivity contribution in [2.75, 3.05) is 6.54 Å². The van der Waals surface area contributed by atoms with Gasteiger partial charge in [-0.2, -0.15) is 0 Å². The van der Waals surface area contributed by atoms with Crippen LogP contribution in [0, 0.1) is 0 Å². The Bertz CT molecular complexity index is 217. The number of hydrogen-bond donors (Lipinski definition) is 2. The van der Waals surface area contributed by atoms with E-state index in [1.165, 1.54) is 0 Å². The number of rotatable bonds is 3. The summed E-state index contributed by atoms with van der Waals surface area (Å²) in [7, 11) is 0. The predicted molar refractivity (Wildman–Crippen MR) is 59.8 cm³/mol. The van der Waals surface area contributed by atoms with E-state index in [0.717, 1.165) is 32.2 Å². The Hall–Kier alpha value is -0.120. The highest BCUT2D eigenvalue weighted by Gasteiger charge is 2.45. The van der Waals surface area contributed by atoms with Crippen LogP contribution in [0.4, 0.5) is 0 Å². The van der Waals surface area contributed by atoms with Crippen LogP contribution in [-0.4, -0.2) is 35.0 Å². The number of hydrogen-bond acceptors (Lipinski definition) is 3. The summed E-state index contributed by atoms with van der Waals surface area (Å²) >= 11 is 0. The Morgan fingerprint density at radius 2 is 2.07 bits per heavy atom. The smallest absolute Gasteiger partial charge is 0.0748 e. The molecule has 88 valence electrons. The summed E-state index contributed by atoms with van der Waals surface area (Å²) in [6.07, 6.45) is 4.13. The summed E-state index contributed by atoms with van der Waals surface area (Å²) in [4.78, 5) is 0. The summed E-state index contributed by atoms with van der Waals surface area (Å²) < 4.78 is 6.01. The zero-order chi connectivity index (χ0) is 11.1. The number of ether oxygens (including phenoxy) is 1. The first-order valence-corrected chi connectivity index (χ1v) is 6.02. The van der Waals surface area contributed by atoms with Gasteiger partial charge in [0, 0.05) is 6.04 Å². The minimum Gasteiger partial charge on any atom is -0.390 e. The Balaban J connectivity index is 1.87. The summed E-state index contributed by atoms with van der Waals surface area (Å²) in [5.74, 6) is 0. The maximum atomic E-state index is 9.91. The highest BCUT2D eigenvalue weighted by molar-refractivity contribution is 5.00. The second-order valence-electron chi connectivity index (χ2n) is 6.05. The standard InChI is InChI=1S/C12H23NO2/c1-11(2,3)15-10-4-7-13-9(10)8-12(14)5-6-12/h9-10,13-14H,4-8H2,1-3H3/t9-,10+/m1/s1. The fourth-order valence-electron chi connectivity index (χ4n) is 2.30. The molecule has 0 spiro atoms. The highest BCUT2D eigenvalue weighted by atomic mass is 16.5. The van der Waals surface area contributed by atoms with E-state index >= 15 is 0 Å². The zero-order valence-electron chi connectivity index (χ0n) is 10.0. The van der Waals surface area contributed by atoms with Gasteiger partial charge in [-0.3, -0.25) is 0 Å². The van der Waals surface area contributed by atoms with Gasteiger partial charge in [0.15, 0.2) is 0 Å². The van der Waals surface area contributed by atoms with Crippen molar-refractivity contribution in [1.29, 1.82) is 0 Å². The van der Waals surface area contributed by atoms with E-state index in [-0.39, 0.29) is 17.3 Å². The molecule has 3 nitrogen and oxygen atoms in total. The Morgan fingerprint density at radius 3 is 2.60 bits per heavy atom. The van der Waals surface area contributed by atoms with Gasteiger partial charge in [-0.15, -0.1) is 0 Å². The van der Waals surface area contributed by atoms with Crippen molar-refractivity contribution < 1.29 is 9.84 Å². The SMILES string of the molecule is CC(C)(C)O[C@H]1CCN[C@@H]1CC1(O)CC1. The van der Waals surface area contributed by atoms with Crippen molar-refractivity contribution in [2.24, 2.45) is 0 Å². The Labute approximate surface area is 92.2 Å². The van der Waals surface area contributed by atoms with Gasteiger partial charge in [-0.25, -0.2) is 0 Å². The molecule has 2 rings (SSSR count). The van der Waals surface area contributed by atoms with Crippen molar-refractivity contribution in [3.63, 3.8) is 0 Å². The predicted octanol–water partition coefficient (Wildman–Crippen LogP) is 1.45. The van der Waals surface area contributed by atoms with Crippen molar-refractivity contribution in [2.45, 2.75) is 69.8 Å². The summed E-state index contributed by atoms with van der Waals surface area (Å²) in [6, 6.07) is 0.344. The summed E-state index contributed by atoms with van der Waals surface area (Å²) in [5, 5.41) is 13.4. The maximum Gasteiger partial charge on any atom is 0.0748 e. The normalized spacial score (nSPS) is 34.4. The minimum atomic E-state index is -0.374. The molecule has 3 heteroatoms. The van der Waals surface area contributed by atoms with E-state index < -0.39 is 0 Å². The topological polar surface area (TPSA) is 41.5 Å². The molecule has 2 fully saturated rings. The van der Waals surface area contributed by atoms with Gasteiger partial charge < -0.3 is 15.2 Å². The van der Waals surface area contributed by atoms with Gasteiger partial charge in [0.2, 0.25) is 0 Å². The molecule has 0 aromatic carbocycles. The monoisotopic (exact) mass is 213 g/mol. The van der Waals surface area contributed by atoms with Gasteiger partial charge in [0.25, 0.3) is 0 Å². The molecule has 0 unspecified atom stereocenters. The van der Waals surface area contributed by atoms with E-state index in [2.05, 4.69) is 26.1 Å². The van der Waals surface area contributed by atoms with Crippen LogP contribution in [0.25, 0.3) is 0 Å². The molecule has 0 aromatic rings. The van der Waals surface area contributed by atoms with Crippen LogP contribution in [0.15, 0.2) is 0 Å². The van der Waals surface area contributed by atoms with E-state index in [9.17, 15) is 5.11 Å². The lowest BCUT2D eigenvalue weighted by Gasteiger charge is -2.29. The van der Waals surface area contributed by atoms with Crippen molar-refractivity contribution in [3.8, 4) is 0 Å². The van der Waals surface area contributed by atoms with Crippen LogP contribution in [0.3, 0.4) is 0 Å². The summed E-state index contributed by atoms with van der Waals surface area (Å²) in [5.41, 5.74) is -0.456. The largest absolute Gasteiger partial charge is 0.390 e. The van der Waals surface area contributed by atoms with E-state index in [0.29, 0.717) is 6.04 Å². The molecule has 15 heavy (non-hydrogen) atoms. The maximum absolute atomic E-state index is 9.91. The molecule has 1 saturated heterocycles. The average Bonchev–Trinajstić information content (AvgIpc) is 2.64. The Kier molecular flexibility index (Phi) is 2.82. The fourth-order valence-corrected chi connectivity index (χ4v) is 2.30. The third-order valence-corrected chi connectivity index (χ3v) is 3.22. The van der Waals surface area contributed by atoms with Crippen LogP contribution in [0.1, 0.15) is 46.5 Å². The van der Waals surface area contributed by atoms with Crippen LogP contribution < -0.4 is 5.32 Å².